The first-order chi connectivity index (χ1) is 7.63. The van der Waals surface area contributed by atoms with Crippen LogP contribution in [0.5, 0.6) is 0 Å². The van der Waals surface area contributed by atoms with E-state index in [2.05, 4.69) is 15.6 Å². The molecule has 90 valence electrons. The second kappa shape index (κ2) is 6.27. The number of nitrogens with one attached hydrogen (secondary N) is 2. The van der Waals surface area contributed by atoms with Crippen molar-refractivity contribution in [1.29, 1.82) is 0 Å². The van der Waals surface area contributed by atoms with Gasteiger partial charge in [0.2, 0.25) is 11.8 Å². The lowest BCUT2D eigenvalue weighted by atomic mass is 10.2. The molecule has 1 aromatic rings. The van der Waals surface area contributed by atoms with Gasteiger partial charge in [0.05, 0.1) is 6.20 Å². The van der Waals surface area contributed by atoms with Gasteiger partial charge in [-0.15, -0.1) is 0 Å². The molecule has 0 aromatic carbocycles. The fourth-order valence-corrected chi connectivity index (χ4v) is 1.37. The molecule has 1 aromatic heterocycles. The van der Waals surface area contributed by atoms with Crippen molar-refractivity contribution in [3.8, 4) is 0 Å². The third kappa shape index (κ3) is 4.02. The van der Waals surface area contributed by atoms with Crippen LogP contribution in [0.2, 0.25) is 0 Å². The average Bonchev–Trinajstić information content (AvgIpc) is 2.65. The summed E-state index contributed by atoms with van der Waals surface area (Å²) < 4.78 is 5.33. The van der Waals surface area contributed by atoms with Gasteiger partial charge in [0.1, 0.15) is 11.8 Å². The monoisotopic (exact) mass is 225 g/mol. The maximum atomic E-state index is 11.5. The molecule has 0 fully saturated rings. The second-order valence-corrected chi connectivity index (χ2v) is 3.81. The molecular weight excluding hydrogens is 206 g/mol. The van der Waals surface area contributed by atoms with Crippen LogP contribution in [0.25, 0.3) is 0 Å². The Morgan fingerprint density at radius 1 is 1.62 bits per heavy atom. The molecular formula is C11H19N3O2. The van der Waals surface area contributed by atoms with Crippen molar-refractivity contribution in [2.45, 2.75) is 32.7 Å². The molecule has 0 saturated heterocycles. The highest BCUT2D eigenvalue weighted by Gasteiger charge is 2.13. The maximum absolute atomic E-state index is 11.5. The van der Waals surface area contributed by atoms with Gasteiger partial charge in [-0.05, 0) is 33.9 Å². The molecule has 1 rings (SSSR count). The number of carbonyl (C=O) groups excluding carboxylic acids is 1. The van der Waals surface area contributed by atoms with E-state index in [1.54, 1.807) is 6.20 Å². The summed E-state index contributed by atoms with van der Waals surface area (Å²) in [6.45, 7) is 4.54. The molecule has 1 heterocycles. The van der Waals surface area contributed by atoms with Crippen molar-refractivity contribution in [2.24, 2.45) is 0 Å². The minimum absolute atomic E-state index is 0.0265. The molecule has 0 aliphatic carbocycles. The van der Waals surface area contributed by atoms with Crippen LogP contribution in [-0.4, -0.2) is 24.5 Å². The van der Waals surface area contributed by atoms with E-state index >= 15 is 0 Å². The number of oxazole rings is 1. The zero-order valence-electron chi connectivity index (χ0n) is 10.0. The zero-order valence-corrected chi connectivity index (χ0v) is 10.0. The highest BCUT2D eigenvalue weighted by Crippen LogP contribution is 2.11. The third-order valence-electron chi connectivity index (χ3n) is 2.22. The number of amides is 1. The molecule has 0 saturated carbocycles. The minimum Gasteiger partial charge on any atom is -0.444 e. The first-order valence-electron chi connectivity index (χ1n) is 5.49. The predicted octanol–water partition coefficient (Wildman–Crippen LogP) is 1.16. The smallest absolute Gasteiger partial charge is 0.220 e. The summed E-state index contributed by atoms with van der Waals surface area (Å²) >= 11 is 0. The molecule has 1 amide bonds. The summed E-state index contributed by atoms with van der Waals surface area (Å²) in [5, 5.41) is 5.85. The average molecular weight is 225 g/mol. The van der Waals surface area contributed by atoms with Gasteiger partial charge >= 0.3 is 0 Å². The third-order valence-corrected chi connectivity index (χ3v) is 2.22. The van der Waals surface area contributed by atoms with Crippen molar-refractivity contribution in [3.63, 3.8) is 0 Å². The molecule has 1 unspecified atom stereocenters. The first kappa shape index (κ1) is 12.7. The van der Waals surface area contributed by atoms with Crippen molar-refractivity contribution >= 4 is 5.91 Å². The van der Waals surface area contributed by atoms with Crippen LogP contribution in [0.15, 0.2) is 10.6 Å². The van der Waals surface area contributed by atoms with Gasteiger partial charge < -0.3 is 15.1 Å². The number of carbonyl (C=O) groups is 1. The van der Waals surface area contributed by atoms with E-state index in [1.807, 2.05) is 20.9 Å². The normalized spacial score (nSPS) is 12.4. The van der Waals surface area contributed by atoms with E-state index in [0.29, 0.717) is 12.3 Å². The van der Waals surface area contributed by atoms with E-state index in [-0.39, 0.29) is 11.9 Å². The lowest BCUT2D eigenvalue weighted by Crippen LogP contribution is -2.27. The lowest BCUT2D eigenvalue weighted by molar-refractivity contribution is -0.121. The minimum atomic E-state index is -0.171. The van der Waals surface area contributed by atoms with E-state index in [0.717, 1.165) is 18.7 Å². The number of hydrogen-bond acceptors (Lipinski definition) is 4. The Hall–Kier alpha value is -1.36. The van der Waals surface area contributed by atoms with Crippen LogP contribution in [0.4, 0.5) is 0 Å². The summed E-state index contributed by atoms with van der Waals surface area (Å²) in [5.41, 5.74) is 0. The Morgan fingerprint density at radius 2 is 2.38 bits per heavy atom. The van der Waals surface area contributed by atoms with Gasteiger partial charge in [-0.25, -0.2) is 4.98 Å². The number of nitrogens with zero attached hydrogens (tertiary/aromatic N) is 1. The van der Waals surface area contributed by atoms with Crippen LogP contribution >= 0.6 is 0 Å². The lowest BCUT2D eigenvalue weighted by Gasteiger charge is -2.10. The van der Waals surface area contributed by atoms with Crippen LogP contribution in [-0.2, 0) is 4.79 Å². The summed E-state index contributed by atoms with van der Waals surface area (Å²) in [6, 6.07) is -0.171. The van der Waals surface area contributed by atoms with Gasteiger partial charge in [-0.2, -0.15) is 0 Å². The largest absolute Gasteiger partial charge is 0.444 e. The molecule has 0 radical (unpaired) electrons. The zero-order chi connectivity index (χ0) is 12.0. The van der Waals surface area contributed by atoms with Gasteiger partial charge in [-0.3, -0.25) is 4.79 Å². The highest BCUT2D eigenvalue weighted by atomic mass is 16.4. The summed E-state index contributed by atoms with van der Waals surface area (Å²) in [4.78, 5) is 15.6. The summed E-state index contributed by atoms with van der Waals surface area (Å²) in [6.07, 6.45) is 3.00. The molecule has 16 heavy (non-hydrogen) atoms. The molecule has 0 bridgehead atoms. The van der Waals surface area contributed by atoms with E-state index < -0.39 is 0 Å². The van der Waals surface area contributed by atoms with Gasteiger partial charge in [0, 0.05) is 6.42 Å². The Labute approximate surface area is 95.6 Å². The molecule has 0 spiro atoms. The molecule has 2 N–H and O–H groups in total. The quantitative estimate of drug-likeness (QED) is 0.713. The fourth-order valence-electron chi connectivity index (χ4n) is 1.37. The summed E-state index contributed by atoms with van der Waals surface area (Å²) in [5.74, 6) is 1.34. The number of aryl methyl sites for hydroxylation is 1. The van der Waals surface area contributed by atoms with Crippen molar-refractivity contribution < 1.29 is 9.21 Å². The molecule has 1 atom stereocenters. The Kier molecular flexibility index (Phi) is 4.98. The van der Waals surface area contributed by atoms with Gasteiger partial charge in [0.25, 0.3) is 0 Å². The van der Waals surface area contributed by atoms with Crippen LogP contribution in [0.3, 0.4) is 0 Å². The van der Waals surface area contributed by atoms with E-state index in [4.69, 9.17) is 4.42 Å². The standard InChI is InChI=1S/C11H19N3O2/c1-8-7-13-11(16-8)9(2)14-10(15)5-4-6-12-3/h7,9,12H,4-6H2,1-3H3,(H,14,15). The van der Waals surface area contributed by atoms with Crippen molar-refractivity contribution in [1.82, 2.24) is 15.6 Å². The topological polar surface area (TPSA) is 67.2 Å². The van der Waals surface area contributed by atoms with Crippen molar-refractivity contribution in [3.05, 3.63) is 17.8 Å². The SMILES string of the molecule is CNCCCC(=O)NC(C)c1ncc(C)o1. The Bertz CT molecular complexity index is 336. The van der Waals surface area contributed by atoms with Gasteiger partial charge in [-0.1, -0.05) is 0 Å². The van der Waals surface area contributed by atoms with Crippen LogP contribution in [0.1, 0.15) is 37.5 Å². The maximum Gasteiger partial charge on any atom is 0.220 e. The first-order valence-corrected chi connectivity index (χ1v) is 5.49. The Morgan fingerprint density at radius 3 is 2.94 bits per heavy atom. The number of hydrogen-bond donors (Lipinski definition) is 2. The van der Waals surface area contributed by atoms with Crippen LogP contribution < -0.4 is 10.6 Å². The van der Waals surface area contributed by atoms with Gasteiger partial charge in [0.15, 0.2) is 0 Å². The van der Waals surface area contributed by atoms with E-state index in [9.17, 15) is 4.79 Å². The predicted molar refractivity (Wildman–Crippen MR) is 61.0 cm³/mol. The van der Waals surface area contributed by atoms with Crippen LogP contribution in [0, 0.1) is 6.92 Å². The highest BCUT2D eigenvalue weighted by molar-refractivity contribution is 5.76. The molecule has 5 heteroatoms. The van der Waals surface area contributed by atoms with E-state index in [1.165, 1.54) is 0 Å². The molecule has 0 aliphatic heterocycles. The number of rotatable bonds is 6. The number of aromatic nitrogens is 1. The molecule has 5 nitrogen and oxygen atoms in total. The fraction of sp³-hybridized carbons (Fsp3) is 0.636. The van der Waals surface area contributed by atoms with Crippen molar-refractivity contribution in [2.75, 3.05) is 13.6 Å². The summed E-state index contributed by atoms with van der Waals surface area (Å²) in [7, 11) is 1.87. The second-order valence-electron chi connectivity index (χ2n) is 3.81. The Balaban J connectivity index is 2.33. The molecule has 0 aliphatic rings.